The van der Waals surface area contributed by atoms with Gasteiger partial charge in [0.05, 0.1) is 12.1 Å². The first kappa shape index (κ1) is 27.1. The number of carbonyl (C=O) groups excluding carboxylic acids is 1. The number of anilines is 1. The normalized spacial score (nSPS) is 15.0. The summed E-state index contributed by atoms with van der Waals surface area (Å²) in [5.74, 6) is -1.11. The molecule has 5 nitrogen and oxygen atoms in total. The predicted molar refractivity (Wildman–Crippen MR) is 137 cm³/mol. The van der Waals surface area contributed by atoms with Crippen molar-refractivity contribution < 1.29 is 18.7 Å². The smallest absolute Gasteiger partial charge is 0.217 e. The fraction of sp³-hybridized carbons (Fsp3) is 0.536. The zero-order valence-corrected chi connectivity index (χ0v) is 21.5. The maximum atomic E-state index is 13.6. The molecule has 0 fully saturated rings. The molecule has 1 aliphatic heterocycles. The second kappa shape index (κ2) is 12.0. The maximum absolute atomic E-state index is 13.6. The highest BCUT2D eigenvalue weighted by atomic mass is 19.1. The lowest BCUT2D eigenvalue weighted by Crippen LogP contribution is -2.48. The Balaban J connectivity index is 1.73. The van der Waals surface area contributed by atoms with Crippen LogP contribution >= 0.6 is 0 Å². The van der Waals surface area contributed by atoms with Crippen LogP contribution in [0.5, 0.6) is 0 Å². The van der Waals surface area contributed by atoms with Crippen LogP contribution in [0.2, 0.25) is 0 Å². The first-order chi connectivity index (χ1) is 16.5. The third-order valence-electron chi connectivity index (χ3n) is 6.40. The van der Waals surface area contributed by atoms with Gasteiger partial charge in [-0.1, -0.05) is 26.0 Å². The van der Waals surface area contributed by atoms with Crippen molar-refractivity contribution in [3.05, 3.63) is 64.2 Å². The average molecular weight is 488 g/mol. The molecular weight excluding hydrogens is 448 g/mol. The van der Waals surface area contributed by atoms with Crippen LogP contribution in [-0.2, 0) is 30.6 Å². The minimum absolute atomic E-state index is 0.123. The number of aliphatic hydroxyl groups is 1. The SMILES string of the molecule is CC(=O)N[C@@H](Cc1cc(F)cc(F)c1)[C@H](O)CNCc1cc(CC(C)C)cc2c1N(C(C)C)CC2. The molecule has 2 aromatic carbocycles. The zero-order chi connectivity index (χ0) is 25.7. The van der Waals surface area contributed by atoms with Crippen molar-refractivity contribution in [2.45, 2.75) is 78.6 Å². The molecule has 0 saturated heterocycles. The summed E-state index contributed by atoms with van der Waals surface area (Å²) in [7, 11) is 0. The molecule has 35 heavy (non-hydrogen) atoms. The number of aliphatic hydroxyl groups excluding tert-OH is 1. The largest absolute Gasteiger partial charge is 0.390 e. The summed E-state index contributed by atoms with van der Waals surface area (Å²) in [6, 6.07) is 7.57. The van der Waals surface area contributed by atoms with E-state index in [1.54, 1.807) is 0 Å². The Morgan fingerprint density at radius 2 is 1.69 bits per heavy atom. The van der Waals surface area contributed by atoms with E-state index in [0.29, 0.717) is 24.1 Å². The molecule has 0 unspecified atom stereocenters. The standard InChI is InChI=1S/C28H39F2N3O2/c1-17(2)8-20-9-22-6-7-33(18(3)4)28(22)23(10-20)15-31-16-27(35)26(32-19(5)34)13-21-11-24(29)14-25(30)12-21/h9-12,14,17-18,26-27,31,35H,6-8,13,15-16H2,1-5H3,(H,32,34)/t26-,27+/m0/s1. The Labute approximate surface area is 207 Å². The molecule has 3 rings (SSSR count). The van der Waals surface area contributed by atoms with E-state index in [9.17, 15) is 18.7 Å². The maximum Gasteiger partial charge on any atom is 0.217 e. The average Bonchev–Trinajstić information content (AvgIpc) is 3.16. The third kappa shape index (κ3) is 7.48. The number of hydrogen-bond donors (Lipinski definition) is 3. The monoisotopic (exact) mass is 487 g/mol. The van der Waals surface area contributed by atoms with Crippen LogP contribution in [0.4, 0.5) is 14.5 Å². The van der Waals surface area contributed by atoms with Crippen molar-refractivity contribution in [1.82, 2.24) is 10.6 Å². The van der Waals surface area contributed by atoms with Crippen molar-refractivity contribution >= 4 is 11.6 Å². The van der Waals surface area contributed by atoms with Gasteiger partial charge in [-0.2, -0.15) is 0 Å². The molecule has 0 saturated carbocycles. The molecule has 3 N–H and O–H groups in total. The van der Waals surface area contributed by atoms with Crippen molar-refractivity contribution in [2.24, 2.45) is 5.92 Å². The van der Waals surface area contributed by atoms with Gasteiger partial charge >= 0.3 is 0 Å². The number of nitrogens with one attached hydrogen (secondary N) is 2. The molecule has 1 aliphatic rings. The number of carbonyl (C=O) groups is 1. The van der Waals surface area contributed by atoms with E-state index in [-0.39, 0.29) is 18.9 Å². The summed E-state index contributed by atoms with van der Waals surface area (Å²) in [6.07, 6.45) is 1.24. The van der Waals surface area contributed by atoms with Crippen LogP contribution in [0, 0.1) is 17.6 Å². The van der Waals surface area contributed by atoms with E-state index in [0.717, 1.165) is 25.5 Å². The van der Waals surface area contributed by atoms with Crippen molar-refractivity contribution in [1.29, 1.82) is 0 Å². The quantitative estimate of drug-likeness (QED) is 0.446. The Morgan fingerprint density at radius 1 is 1.03 bits per heavy atom. The van der Waals surface area contributed by atoms with Gasteiger partial charge in [0.1, 0.15) is 11.6 Å². The summed E-state index contributed by atoms with van der Waals surface area (Å²) in [5.41, 5.74) is 5.57. The van der Waals surface area contributed by atoms with E-state index in [4.69, 9.17) is 0 Å². The van der Waals surface area contributed by atoms with Crippen LogP contribution in [0.25, 0.3) is 0 Å². The van der Waals surface area contributed by atoms with Crippen LogP contribution in [-0.4, -0.2) is 42.3 Å². The van der Waals surface area contributed by atoms with Gasteiger partial charge in [-0.05, 0) is 73.4 Å². The molecule has 0 aromatic heterocycles. The van der Waals surface area contributed by atoms with Gasteiger partial charge in [0.2, 0.25) is 5.91 Å². The number of fused-ring (bicyclic) bond motifs is 1. The molecule has 2 atom stereocenters. The minimum atomic E-state index is -0.932. The third-order valence-corrected chi connectivity index (χ3v) is 6.40. The van der Waals surface area contributed by atoms with Gasteiger partial charge in [0.25, 0.3) is 0 Å². The zero-order valence-electron chi connectivity index (χ0n) is 21.5. The molecular formula is C28H39F2N3O2. The number of halogens is 2. The molecule has 0 aliphatic carbocycles. The molecule has 1 amide bonds. The van der Waals surface area contributed by atoms with E-state index in [1.165, 1.54) is 41.4 Å². The first-order valence-corrected chi connectivity index (χ1v) is 12.6. The van der Waals surface area contributed by atoms with Gasteiger partial charge in [-0.15, -0.1) is 0 Å². The van der Waals surface area contributed by atoms with E-state index >= 15 is 0 Å². The molecule has 1 heterocycles. The van der Waals surface area contributed by atoms with E-state index in [2.05, 4.69) is 55.4 Å². The van der Waals surface area contributed by atoms with Crippen LogP contribution in [0.3, 0.4) is 0 Å². The van der Waals surface area contributed by atoms with Crippen molar-refractivity contribution in [3.63, 3.8) is 0 Å². The van der Waals surface area contributed by atoms with Gasteiger partial charge in [0.15, 0.2) is 0 Å². The summed E-state index contributed by atoms with van der Waals surface area (Å²) >= 11 is 0. The fourth-order valence-corrected chi connectivity index (χ4v) is 5.01. The Bertz CT molecular complexity index is 1010. The summed E-state index contributed by atoms with van der Waals surface area (Å²) in [6.45, 7) is 12.0. The van der Waals surface area contributed by atoms with E-state index < -0.39 is 23.8 Å². The van der Waals surface area contributed by atoms with Crippen LogP contribution in [0.1, 0.15) is 56.9 Å². The highest BCUT2D eigenvalue weighted by Crippen LogP contribution is 2.35. The highest BCUT2D eigenvalue weighted by Gasteiger charge is 2.26. The summed E-state index contributed by atoms with van der Waals surface area (Å²) < 4.78 is 27.3. The number of nitrogens with zero attached hydrogens (tertiary/aromatic N) is 1. The molecule has 192 valence electrons. The Morgan fingerprint density at radius 3 is 2.29 bits per heavy atom. The van der Waals surface area contributed by atoms with Crippen molar-refractivity contribution in [2.75, 3.05) is 18.0 Å². The predicted octanol–water partition coefficient (Wildman–Crippen LogP) is 4.13. The Hall–Kier alpha value is -2.51. The molecule has 7 heteroatoms. The lowest BCUT2D eigenvalue weighted by molar-refractivity contribution is -0.120. The summed E-state index contributed by atoms with van der Waals surface area (Å²) in [5, 5.41) is 17.0. The second-order valence-corrected chi connectivity index (χ2v) is 10.4. The lowest BCUT2D eigenvalue weighted by atomic mass is 9.96. The Kier molecular flexibility index (Phi) is 9.25. The first-order valence-electron chi connectivity index (χ1n) is 12.6. The minimum Gasteiger partial charge on any atom is -0.390 e. The number of benzene rings is 2. The molecule has 0 spiro atoms. The number of amides is 1. The van der Waals surface area contributed by atoms with Gasteiger partial charge in [-0.25, -0.2) is 8.78 Å². The fourth-order valence-electron chi connectivity index (χ4n) is 5.01. The second-order valence-electron chi connectivity index (χ2n) is 10.4. The molecule has 0 bridgehead atoms. The van der Waals surface area contributed by atoms with E-state index in [1.807, 2.05) is 0 Å². The lowest BCUT2D eigenvalue weighted by Gasteiger charge is -2.28. The molecule has 0 radical (unpaired) electrons. The highest BCUT2D eigenvalue weighted by molar-refractivity contribution is 5.73. The number of hydrogen-bond acceptors (Lipinski definition) is 4. The molecule has 2 aromatic rings. The van der Waals surface area contributed by atoms with Crippen LogP contribution in [0.15, 0.2) is 30.3 Å². The van der Waals surface area contributed by atoms with Gasteiger partial charge in [-0.3, -0.25) is 4.79 Å². The topological polar surface area (TPSA) is 64.6 Å². The van der Waals surface area contributed by atoms with Crippen LogP contribution < -0.4 is 15.5 Å². The summed E-state index contributed by atoms with van der Waals surface area (Å²) in [4.78, 5) is 14.2. The van der Waals surface area contributed by atoms with Crippen molar-refractivity contribution in [3.8, 4) is 0 Å². The van der Waals surface area contributed by atoms with Gasteiger partial charge in [0, 0.05) is 44.4 Å². The number of rotatable bonds is 11. The van der Waals surface area contributed by atoms with Gasteiger partial charge < -0.3 is 20.6 Å².